The molecule has 0 atom stereocenters. The van der Waals surface area contributed by atoms with Gasteiger partial charge in [-0.05, 0) is 0 Å². The number of primary amides is 2. The zero-order valence-corrected chi connectivity index (χ0v) is 6.18. The van der Waals surface area contributed by atoms with Crippen molar-refractivity contribution >= 4 is 6.03 Å². The van der Waals surface area contributed by atoms with Crippen LogP contribution in [0.4, 0.5) is 4.79 Å². The molecule has 2 amide bonds. The molecule has 3 heteroatoms. The number of rotatable bonds is 2. The summed E-state index contributed by atoms with van der Waals surface area (Å²) in [6, 6.07) is -0.833. The van der Waals surface area contributed by atoms with E-state index in [1.165, 1.54) is 19.3 Å². The van der Waals surface area contributed by atoms with Gasteiger partial charge in [-0.2, -0.15) is 0 Å². The maximum absolute atomic E-state index is 9.00. The molecule has 9 heavy (non-hydrogen) atoms. The highest BCUT2D eigenvalue weighted by atomic mass is 16.2. The molecule has 0 aromatic carbocycles. The molecule has 0 aliphatic heterocycles. The number of carbonyl (C=O) groups excluding carboxylic acids is 1. The van der Waals surface area contributed by atoms with Crippen molar-refractivity contribution in [2.24, 2.45) is 11.5 Å². The monoisotopic (exact) mass is 132 g/mol. The van der Waals surface area contributed by atoms with Gasteiger partial charge in [-0.15, -0.1) is 0 Å². The molecule has 0 spiro atoms. The van der Waals surface area contributed by atoms with Gasteiger partial charge in [-0.1, -0.05) is 33.1 Å². The van der Waals surface area contributed by atoms with E-state index in [2.05, 4.69) is 25.3 Å². The molecule has 0 bridgehead atoms. The number of hydrogen-bond donors (Lipinski definition) is 2. The molecule has 0 aromatic rings. The second-order valence-electron chi connectivity index (χ2n) is 1.76. The maximum atomic E-state index is 9.00. The summed E-state index contributed by atoms with van der Waals surface area (Å²) in [4.78, 5) is 9.00. The van der Waals surface area contributed by atoms with Crippen molar-refractivity contribution in [3.05, 3.63) is 0 Å². The van der Waals surface area contributed by atoms with Crippen molar-refractivity contribution < 1.29 is 4.79 Å². The van der Waals surface area contributed by atoms with E-state index < -0.39 is 6.03 Å². The summed E-state index contributed by atoms with van der Waals surface area (Å²) in [6.07, 6.45) is 4.08. The molecular weight excluding hydrogens is 116 g/mol. The average molecular weight is 132 g/mol. The largest absolute Gasteiger partial charge is 0.352 e. The summed E-state index contributed by atoms with van der Waals surface area (Å²) in [5.41, 5.74) is 8.50. The van der Waals surface area contributed by atoms with E-state index in [4.69, 9.17) is 4.79 Å². The molecule has 0 saturated carbocycles. The predicted octanol–water partition coefficient (Wildman–Crippen LogP) is 1.22. The number of hydrogen-bond acceptors (Lipinski definition) is 1. The second kappa shape index (κ2) is 10.3. The predicted molar refractivity (Wildman–Crippen MR) is 39.0 cm³/mol. The number of carbonyl (C=O) groups is 1. The van der Waals surface area contributed by atoms with Gasteiger partial charge in [-0.3, -0.25) is 0 Å². The lowest BCUT2D eigenvalue weighted by molar-refractivity contribution is 0.256. The van der Waals surface area contributed by atoms with Crippen LogP contribution in [0.1, 0.15) is 33.1 Å². The van der Waals surface area contributed by atoms with E-state index in [0.717, 1.165) is 0 Å². The van der Waals surface area contributed by atoms with E-state index in [1.807, 2.05) is 0 Å². The van der Waals surface area contributed by atoms with Crippen LogP contribution >= 0.6 is 0 Å². The van der Waals surface area contributed by atoms with E-state index in [-0.39, 0.29) is 0 Å². The summed E-state index contributed by atoms with van der Waals surface area (Å²) in [7, 11) is 0. The highest BCUT2D eigenvalue weighted by molar-refractivity contribution is 5.69. The molecule has 0 aliphatic carbocycles. The summed E-state index contributed by atoms with van der Waals surface area (Å²) >= 11 is 0. The molecular formula is C6H16N2O. The third kappa shape index (κ3) is 125. The lowest BCUT2D eigenvalue weighted by atomic mass is 10.3. The zero-order valence-electron chi connectivity index (χ0n) is 6.18. The number of amides is 2. The first-order valence-corrected chi connectivity index (χ1v) is 3.20. The molecule has 4 N–H and O–H groups in total. The Labute approximate surface area is 56.4 Å². The van der Waals surface area contributed by atoms with E-state index in [0.29, 0.717) is 0 Å². The lowest BCUT2D eigenvalue weighted by Gasteiger charge is -1.79. The van der Waals surface area contributed by atoms with Gasteiger partial charge in [0.2, 0.25) is 0 Å². The van der Waals surface area contributed by atoms with Crippen molar-refractivity contribution in [2.75, 3.05) is 0 Å². The molecule has 0 unspecified atom stereocenters. The fourth-order valence-corrected chi connectivity index (χ4v) is 0.354. The van der Waals surface area contributed by atoms with Crippen LogP contribution in [0.3, 0.4) is 0 Å². The molecule has 0 saturated heterocycles. The van der Waals surface area contributed by atoms with Crippen LogP contribution in [0.25, 0.3) is 0 Å². The highest BCUT2D eigenvalue weighted by Gasteiger charge is 1.68. The first-order chi connectivity index (χ1) is 4.15. The molecule has 0 fully saturated rings. The molecule has 0 aromatic heterocycles. The Bertz CT molecular complexity index is 58.1. The average Bonchev–Trinajstić information content (AvgIpc) is 1.66. The first-order valence-electron chi connectivity index (χ1n) is 3.20. The van der Waals surface area contributed by atoms with Crippen LogP contribution in [-0.2, 0) is 0 Å². The van der Waals surface area contributed by atoms with Gasteiger partial charge in [0, 0.05) is 0 Å². The minimum atomic E-state index is -0.833. The van der Waals surface area contributed by atoms with Gasteiger partial charge in [0.15, 0.2) is 0 Å². The standard InChI is InChI=1S/C5H12.CH4N2O/c1-3-5-4-2;2-1(3)4/h3-5H2,1-2H3;(H4,2,3,4). The second-order valence-corrected chi connectivity index (χ2v) is 1.76. The lowest BCUT2D eigenvalue weighted by Crippen LogP contribution is -2.18. The van der Waals surface area contributed by atoms with Gasteiger partial charge in [-0.25, -0.2) is 4.79 Å². The smallest absolute Gasteiger partial charge is 0.309 e. The fourth-order valence-electron chi connectivity index (χ4n) is 0.354. The Kier molecular flexibility index (Phi) is 12.7. The number of nitrogens with two attached hydrogens (primary N) is 2. The van der Waals surface area contributed by atoms with Crippen molar-refractivity contribution in [3.8, 4) is 0 Å². The quantitative estimate of drug-likeness (QED) is 0.582. The Morgan fingerprint density at radius 1 is 1.22 bits per heavy atom. The Balaban J connectivity index is 0. The van der Waals surface area contributed by atoms with Crippen molar-refractivity contribution in [3.63, 3.8) is 0 Å². The minimum absolute atomic E-state index is 0.833. The fraction of sp³-hybridized carbons (Fsp3) is 0.833. The molecule has 0 rings (SSSR count). The van der Waals surface area contributed by atoms with Gasteiger partial charge in [0.05, 0.1) is 0 Å². The topological polar surface area (TPSA) is 69.1 Å². The van der Waals surface area contributed by atoms with Crippen molar-refractivity contribution in [2.45, 2.75) is 33.1 Å². The van der Waals surface area contributed by atoms with Gasteiger partial charge in [0.25, 0.3) is 0 Å². The van der Waals surface area contributed by atoms with E-state index in [1.54, 1.807) is 0 Å². The maximum Gasteiger partial charge on any atom is 0.309 e. The summed E-state index contributed by atoms with van der Waals surface area (Å²) < 4.78 is 0. The molecule has 56 valence electrons. The van der Waals surface area contributed by atoms with Gasteiger partial charge in [0.1, 0.15) is 0 Å². The summed E-state index contributed by atoms with van der Waals surface area (Å²) in [5, 5.41) is 0. The van der Waals surface area contributed by atoms with Crippen LogP contribution in [-0.4, -0.2) is 6.03 Å². The Morgan fingerprint density at radius 3 is 1.44 bits per heavy atom. The van der Waals surface area contributed by atoms with Crippen molar-refractivity contribution in [1.29, 1.82) is 0 Å². The molecule has 0 heterocycles. The normalized spacial score (nSPS) is 7.33. The number of urea groups is 1. The summed E-state index contributed by atoms with van der Waals surface area (Å²) in [6.45, 7) is 4.42. The Morgan fingerprint density at radius 2 is 1.44 bits per heavy atom. The third-order valence-electron chi connectivity index (χ3n) is 0.707. The van der Waals surface area contributed by atoms with Crippen LogP contribution in [0, 0.1) is 0 Å². The molecule has 0 aliphatic rings. The molecule has 0 radical (unpaired) electrons. The van der Waals surface area contributed by atoms with Gasteiger partial charge < -0.3 is 11.5 Å². The van der Waals surface area contributed by atoms with Crippen molar-refractivity contribution in [1.82, 2.24) is 0 Å². The first kappa shape index (κ1) is 11.1. The van der Waals surface area contributed by atoms with Crippen LogP contribution in [0.2, 0.25) is 0 Å². The van der Waals surface area contributed by atoms with Gasteiger partial charge >= 0.3 is 6.03 Å². The van der Waals surface area contributed by atoms with E-state index >= 15 is 0 Å². The Hall–Kier alpha value is -0.730. The zero-order chi connectivity index (χ0) is 7.70. The SMILES string of the molecule is CCCCC.NC(N)=O. The number of unbranched alkanes of at least 4 members (excludes halogenated alkanes) is 2. The van der Waals surface area contributed by atoms with Crippen LogP contribution < -0.4 is 11.5 Å². The third-order valence-corrected chi connectivity index (χ3v) is 0.707. The van der Waals surface area contributed by atoms with E-state index in [9.17, 15) is 0 Å². The summed E-state index contributed by atoms with van der Waals surface area (Å²) in [5.74, 6) is 0. The van der Waals surface area contributed by atoms with Crippen LogP contribution in [0.15, 0.2) is 0 Å². The highest BCUT2D eigenvalue weighted by Crippen LogP contribution is 1.88. The van der Waals surface area contributed by atoms with Crippen LogP contribution in [0.5, 0.6) is 0 Å². The molecule has 3 nitrogen and oxygen atoms in total. The minimum Gasteiger partial charge on any atom is -0.352 e.